The number of anilines is 1. The van der Waals surface area contributed by atoms with Crippen LogP contribution in [0, 0.1) is 0 Å². The molecule has 0 bridgehead atoms. The standard InChI is InChI=1S/C20H19Cl2N3O2S/c1-25(11-18(26)24-19-15(21)7-5-8-16(19)22)10-13-12-28-20(23-13)14-6-3-4-9-17(14)27-2/h3-9,12H,10-11H2,1-2H3,(H,24,26). The van der Waals surface area contributed by atoms with Gasteiger partial charge in [-0.3, -0.25) is 9.69 Å². The van der Waals surface area contributed by atoms with Gasteiger partial charge in [0.1, 0.15) is 10.8 Å². The van der Waals surface area contributed by atoms with Crippen LogP contribution < -0.4 is 10.1 Å². The molecule has 3 rings (SSSR count). The topological polar surface area (TPSA) is 54.5 Å². The van der Waals surface area contributed by atoms with Gasteiger partial charge in [0.15, 0.2) is 0 Å². The highest BCUT2D eigenvalue weighted by atomic mass is 35.5. The molecule has 0 saturated carbocycles. The van der Waals surface area contributed by atoms with E-state index in [9.17, 15) is 4.79 Å². The summed E-state index contributed by atoms with van der Waals surface area (Å²) in [4.78, 5) is 18.9. The Balaban J connectivity index is 1.62. The van der Waals surface area contributed by atoms with Crippen molar-refractivity contribution in [3.05, 3.63) is 63.6 Å². The maximum absolute atomic E-state index is 12.3. The first-order chi connectivity index (χ1) is 13.5. The number of nitrogens with one attached hydrogen (secondary N) is 1. The lowest BCUT2D eigenvalue weighted by Crippen LogP contribution is -2.30. The third-order valence-corrected chi connectivity index (χ3v) is 5.52. The predicted octanol–water partition coefficient (Wildman–Crippen LogP) is 5.20. The van der Waals surface area contributed by atoms with E-state index in [0.717, 1.165) is 22.0 Å². The lowest BCUT2D eigenvalue weighted by molar-refractivity contribution is -0.117. The number of carbonyl (C=O) groups is 1. The van der Waals surface area contributed by atoms with Crippen LogP contribution >= 0.6 is 34.5 Å². The van der Waals surface area contributed by atoms with E-state index in [1.807, 2.05) is 41.6 Å². The smallest absolute Gasteiger partial charge is 0.238 e. The summed E-state index contributed by atoms with van der Waals surface area (Å²) >= 11 is 13.7. The lowest BCUT2D eigenvalue weighted by atomic mass is 10.2. The average Bonchev–Trinajstić information content (AvgIpc) is 3.12. The summed E-state index contributed by atoms with van der Waals surface area (Å²) in [5.74, 6) is 0.588. The Labute approximate surface area is 177 Å². The Morgan fingerprint density at radius 3 is 2.61 bits per heavy atom. The number of rotatable bonds is 7. The molecule has 3 aromatic rings. The second kappa shape index (κ2) is 9.39. The van der Waals surface area contributed by atoms with Crippen LogP contribution in [-0.4, -0.2) is 36.5 Å². The zero-order chi connectivity index (χ0) is 20.1. The summed E-state index contributed by atoms with van der Waals surface area (Å²) in [5.41, 5.74) is 2.27. The van der Waals surface area contributed by atoms with Crippen LogP contribution in [0.15, 0.2) is 47.8 Å². The number of hydrogen-bond donors (Lipinski definition) is 1. The Morgan fingerprint density at radius 1 is 1.18 bits per heavy atom. The summed E-state index contributed by atoms with van der Waals surface area (Å²) in [7, 11) is 3.50. The number of thiazole rings is 1. The fraction of sp³-hybridized carbons (Fsp3) is 0.200. The van der Waals surface area contributed by atoms with E-state index in [-0.39, 0.29) is 12.5 Å². The molecular weight excluding hydrogens is 417 g/mol. The quantitative estimate of drug-likeness (QED) is 0.554. The Morgan fingerprint density at radius 2 is 1.89 bits per heavy atom. The first-order valence-electron chi connectivity index (χ1n) is 8.48. The highest BCUT2D eigenvalue weighted by Crippen LogP contribution is 2.32. The molecule has 2 aromatic carbocycles. The van der Waals surface area contributed by atoms with Crippen molar-refractivity contribution in [2.45, 2.75) is 6.54 Å². The van der Waals surface area contributed by atoms with Gasteiger partial charge in [0.2, 0.25) is 5.91 Å². The molecule has 0 aliphatic carbocycles. The molecule has 0 fully saturated rings. The van der Waals surface area contributed by atoms with Crippen LogP contribution in [0.25, 0.3) is 10.6 Å². The first kappa shape index (κ1) is 20.6. The highest BCUT2D eigenvalue weighted by molar-refractivity contribution is 7.13. The molecule has 146 valence electrons. The van der Waals surface area contributed by atoms with Crippen LogP contribution in [0.4, 0.5) is 5.69 Å². The number of benzene rings is 2. The molecule has 1 aromatic heterocycles. The number of amides is 1. The molecule has 0 radical (unpaired) electrons. The van der Waals surface area contributed by atoms with Crippen LogP contribution in [0.3, 0.4) is 0 Å². The first-order valence-corrected chi connectivity index (χ1v) is 10.1. The minimum absolute atomic E-state index is 0.184. The van der Waals surface area contributed by atoms with Gasteiger partial charge in [-0.15, -0.1) is 11.3 Å². The van der Waals surface area contributed by atoms with E-state index in [2.05, 4.69) is 10.3 Å². The molecule has 0 saturated heterocycles. The van der Waals surface area contributed by atoms with E-state index in [4.69, 9.17) is 27.9 Å². The predicted molar refractivity (Wildman–Crippen MR) is 116 cm³/mol. The number of aromatic nitrogens is 1. The fourth-order valence-electron chi connectivity index (χ4n) is 2.70. The second-order valence-corrected chi connectivity index (χ2v) is 7.83. The van der Waals surface area contributed by atoms with Crippen molar-refractivity contribution in [1.82, 2.24) is 9.88 Å². The van der Waals surface area contributed by atoms with Crippen LogP contribution in [0.1, 0.15) is 5.69 Å². The zero-order valence-corrected chi connectivity index (χ0v) is 17.7. The van der Waals surface area contributed by atoms with Gasteiger partial charge in [0.05, 0.1) is 40.6 Å². The van der Waals surface area contributed by atoms with E-state index < -0.39 is 0 Å². The number of likely N-dealkylation sites (N-methyl/N-ethyl adjacent to an activating group) is 1. The Kier molecular flexibility index (Phi) is 6.91. The van der Waals surface area contributed by atoms with E-state index in [1.54, 1.807) is 36.6 Å². The van der Waals surface area contributed by atoms with Crippen molar-refractivity contribution < 1.29 is 9.53 Å². The van der Waals surface area contributed by atoms with Crippen molar-refractivity contribution in [2.24, 2.45) is 0 Å². The Bertz CT molecular complexity index is 957. The number of carbonyl (C=O) groups excluding carboxylic acids is 1. The summed E-state index contributed by atoms with van der Waals surface area (Å²) in [6.45, 7) is 0.721. The normalized spacial score (nSPS) is 10.9. The zero-order valence-electron chi connectivity index (χ0n) is 15.4. The van der Waals surface area contributed by atoms with Gasteiger partial charge in [-0.25, -0.2) is 4.98 Å². The number of nitrogens with zero attached hydrogens (tertiary/aromatic N) is 2. The van der Waals surface area contributed by atoms with Crippen molar-refractivity contribution >= 4 is 46.1 Å². The molecule has 5 nitrogen and oxygen atoms in total. The van der Waals surface area contributed by atoms with E-state index >= 15 is 0 Å². The molecule has 0 spiro atoms. The van der Waals surface area contributed by atoms with Gasteiger partial charge in [0, 0.05) is 11.9 Å². The van der Waals surface area contributed by atoms with Crippen LogP contribution in [-0.2, 0) is 11.3 Å². The van der Waals surface area contributed by atoms with Gasteiger partial charge in [-0.05, 0) is 31.3 Å². The third kappa shape index (κ3) is 5.02. The minimum Gasteiger partial charge on any atom is -0.496 e. The molecule has 1 amide bonds. The van der Waals surface area contributed by atoms with E-state index in [0.29, 0.717) is 22.3 Å². The monoisotopic (exact) mass is 435 g/mol. The lowest BCUT2D eigenvalue weighted by Gasteiger charge is -2.16. The fourth-order valence-corrected chi connectivity index (χ4v) is 4.03. The largest absolute Gasteiger partial charge is 0.496 e. The van der Waals surface area contributed by atoms with Crippen molar-refractivity contribution in [3.63, 3.8) is 0 Å². The van der Waals surface area contributed by atoms with Crippen molar-refractivity contribution in [1.29, 1.82) is 0 Å². The minimum atomic E-state index is -0.197. The number of hydrogen-bond acceptors (Lipinski definition) is 5. The van der Waals surface area contributed by atoms with Gasteiger partial charge in [-0.2, -0.15) is 0 Å². The number of methoxy groups -OCH3 is 1. The van der Waals surface area contributed by atoms with Gasteiger partial charge < -0.3 is 10.1 Å². The molecule has 1 heterocycles. The summed E-state index contributed by atoms with van der Waals surface area (Å²) in [5, 5.41) is 6.45. The maximum atomic E-state index is 12.3. The number of para-hydroxylation sites is 2. The molecular formula is C20H19Cl2N3O2S. The Hall–Kier alpha value is -2.12. The SMILES string of the molecule is COc1ccccc1-c1nc(CN(C)CC(=O)Nc2c(Cl)cccc2Cl)cs1. The van der Waals surface area contributed by atoms with Crippen molar-refractivity contribution in [2.75, 3.05) is 26.0 Å². The molecule has 28 heavy (non-hydrogen) atoms. The number of halogens is 2. The maximum Gasteiger partial charge on any atom is 0.238 e. The van der Waals surface area contributed by atoms with Gasteiger partial charge in [0.25, 0.3) is 0 Å². The molecule has 0 aliphatic heterocycles. The molecule has 8 heteroatoms. The third-order valence-electron chi connectivity index (χ3n) is 3.96. The van der Waals surface area contributed by atoms with Gasteiger partial charge >= 0.3 is 0 Å². The summed E-state index contributed by atoms with van der Waals surface area (Å²) < 4.78 is 5.40. The molecule has 1 N–H and O–H groups in total. The van der Waals surface area contributed by atoms with Crippen LogP contribution in [0.2, 0.25) is 10.0 Å². The molecule has 0 aliphatic rings. The van der Waals surface area contributed by atoms with Gasteiger partial charge in [-0.1, -0.05) is 41.4 Å². The average molecular weight is 436 g/mol. The van der Waals surface area contributed by atoms with Crippen molar-refractivity contribution in [3.8, 4) is 16.3 Å². The number of ether oxygens (including phenoxy) is 1. The summed E-state index contributed by atoms with van der Waals surface area (Å²) in [6.07, 6.45) is 0. The van der Waals surface area contributed by atoms with E-state index in [1.165, 1.54) is 0 Å². The molecule has 0 unspecified atom stereocenters. The molecule has 0 atom stereocenters. The highest BCUT2D eigenvalue weighted by Gasteiger charge is 2.14. The van der Waals surface area contributed by atoms with Crippen LogP contribution in [0.5, 0.6) is 5.75 Å². The summed E-state index contributed by atoms with van der Waals surface area (Å²) in [6, 6.07) is 12.9. The second-order valence-electron chi connectivity index (χ2n) is 6.16.